The average Bonchev–Trinajstić information content (AvgIpc) is 3.02. The molecule has 1 aromatic carbocycles. The van der Waals surface area contributed by atoms with E-state index in [1.165, 1.54) is 5.56 Å². The second-order valence-electron chi connectivity index (χ2n) is 5.64. The molecule has 1 saturated heterocycles. The smallest absolute Gasteiger partial charge is 0.117 e. The van der Waals surface area contributed by atoms with Gasteiger partial charge in [-0.1, -0.05) is 30.3 Å². The molecule has 0 spiro atoms. The van der Waals surface area contributed by atoms with Crippen molar-refractivity contribution in [3.05, 3.63) is 60.1 Å². The number of nitrogens with one attached hydrogen (secondary N) is 1. The predicted molar refractivity (Wildman–Crippen MR) is 81.9 cm³/mol. The highest BCUT2D eigenvalue weighted by molar-refractivity contribution is 5.16. The van der Waals surface area contributed by atoms with E-state index in [2.05, 4.69) is 34.5 Å². The Morgan fingerprint density at radius 2 is 2.05 bits per heavy atom. The summed E-state index contributed by atoms with van der Waals surface area (Å²) in [4.78, 5) is 2.31. The Morgan fingerprint density at radius 3 is 2.76 bits per heavy atom. The maximum Gasteiger partial charge on any atom is 0.117 e. The van der Waals surface area contributed by atoms with E-state index in [-0.39, 0.29) is 12.6 Å². The lowest BCUT2D eigenvalue weighted by atomic mass is 10.0. The molecule has 2 aromatic rings. The van der Waals surface area contributed by atoms with Crippen LogP contribution in [0, 0.1) is 0 Å². The number of hydrogen-bond donors (Lipinski definition) is 2. The van der Waals surface area contributed by atoms with Crippen molar-refractivity contribution in [1.82, 2.24) is 10.2 Å². The fraction of sp³-hybridized carbons (Fsp3) is 0.412. The van der Waals surface area contributed by atoms with Gasteiger partial charge in [0, 0.05) is 25.2 Å². The van der Waals surface area contributed by atoms with Crippen molar-refractivity contribution < 1.29 is 9.52 Å². The molecule has 1 fully saturated rings. The van der Waals surface area contributed by atoms with Crippen LogP contribution in [0.1, 0.15) is 11.3 Å². The van der Waals surface area contributed by atoms with E-state index in [1.54, 1.807) is 6.26 Å². The van der Waals surface area contributed by atoms with Crippen molar-refractivity contribution in [2.75, 3.05) is 19.7 Å². The van der Waals surface area contributed by atoms with Crippen LogP contribution in [0.2, 0.25) is 0 Å². The van der Waals surface area contributed by atoms with Gasteiger partial charge in [-0.25, -0.2) is 0 Å². The molecule has 0 bridgehead atoms. The summed E-state index contributed by atoms with van der Waals surface area (Å²) in [6.07, 6.45) is 2.71. The zero-order valence-corrected chi connectivity index (χ0v) is 12.1. The van der Waals surface area contributed by atoms with E-state index in [1.807, 2.05) is 18.2 Å². The largest absolute Gasteiger partial charge is 0.468 e. The summed E-state index contributed by atoms with van der Waals surface area (Å²) in [5, 5.41) is 13.1. The number of piperazine rings is 1. The molecule has 0 saturated carbocycles. The number of aliphatic hydroxyl groups is 1. The summed E-state index contributed by atoms with van der Waals surface area (Å²) in [6, 6.07) is 15.0. The first-order valence-corrected chi connectivity index (χ1v) is 7.50. The molecule has 112 valence electrons. The Hall–Kier alpha value is -1.62. The predicted octanol–water partition coefficient (Wildman–Crippen LogP) is 1.66. The molecule has 1 aromatic heterocycles. The maximum atomic E-state index is 9.55. The van der Waals surface area contributed by atoms with Crippen molar-refractivity contribution in [1.29, 1.82) is 0 Å². The van der Waals surface area contributed by atoms with Gasteiger partial charge in [0.2, 0.25) is 0 Å². The molecule has 2 N–H and O–H groups in total. The van der Waals surface area contributed by atoms with Crippen molar-refractivity contribution in [3.8, 4) is 0 Å². The second kappa shape index (κ2) is 6.89. The van der Waals surface area contributed by atoms with Gasteiger partial charge >= 0.3 is 0 Å². The SMILES string of the molecule is OCC1CNC(Cc2ccccc2)CN1Cc1ccco1. The minimum absolute atomic E-state index is 0.155. The summed E-state index contributed by atoms with van der Waals surface area (Å²) >= 11 is 0. The Labute approximate surface area is 125 Å². The number of rotatable bonds is 5. The summed E-state index contributed by atoms with van der Waals surface area (Å²) < 4.78 is 5.44. The monoisotopic (exact) mass is 286 g/mol. The van der Waals surface area contributed by atoms with Gasteiger partial charge in [0.1, 0.15) is 5.76 Å². The zero-order chi connectivity index (χ0) is 14.5. The quantitative estimate of drug-likeness (QED) is 0.877. The van der Waals surface area contributed by atoms with Crippen LogP contribution in [0.15, 0.2) is 53.1 Å². The van der Waals surface area contributed by atoms with Crippen LogP contribution >= 0.6 is 0 Å². The Balaban J connectivity index is 1.63. The van der Waals surface area contributed by atoms with Gasteiger partial charge in [0.15, 0.2) is 0 Å². The van der Waals surface area contributed by atoms with Crippen molar-refractivity contribution in [2.24, 2.45) is 0 Å². The van der Waals surface area contributed by atoms with E-state index in [9.17, 15) is 5.11 Å². The van der Waals surface area contributed by atoms with Crippen molar-refractivity contribution in [3.63, 3.8) is 0 Å². The molecule has 2 atom stereocenters. The first kappa shape index (κ1) is 14.3. The third-order valence-electron chi connectivity index (χ3n) is 4.09. The van der Waals surface area contributed by atoms with Crippen LogP contribution in [0.3, 0.4) is 0 Å². The third kappa shape index (κ3) is 3.73. The molecule has 2 heterocycles. The summed E-state index contributed by atoms with van der Waals surface area (Å²) in [7, 11) is 0. The number of aliphatic hydroxyl groups excluding tert-OH is 1. The summed E-state index contributed by atoms with van der Waals surface area (Å²) in [5.74, 6) is 0.953. The minimum atomic E-state index is 0.155. The van der Waals surface area contributed by atoms with Gasteiger partial charge in [-0.3, -0.25) is 4.90 Å². The molecule has 2 unspecified atom stereocenters. The molecule has 21 heavy (non-hydrogen) atoms. The molecule has 1 aliphatic heterocycles. The van der Waals surface area contributed by atoms with E-state index in [0.717, 1.165) is 31.8 Å². The maximum absolute atomic E-state index is 9.55. The standard InChI is InChI=1S/C17H22N2O2/c20-13-16-10-18-15(9-14-5-2-1-3-6-14)11-19(16)12-17-7-4-8-21-17/h1-8,15-16,18,20H,9-13H2. The molecule has 3 rings (SSSR count). The fourth-order valence-corrected chi connectivity index (χ4v) is 2.94. The van der Waals surface area contributed by atoms with Crippen LogP contribution in [0.5, 0.6) is 0 Å². The van der Waals surface area contributed by atoms with E-state index >= 15 is 0 Å². The number of nitrogens with zero attached hydrogens (tertiary/aromatic N) is 1. The van der Waals surface area contributed by atoms with Gasteiger partial charge in [0.25, 0.3) is 0 Å². The molecule has 0 radical (unpaired) electrons. The number of benzene rings is 1. The first-order valence-electron chi connectivity index (χ1n) is 7.50. The van der Waals surface area contributed by atoms with Crippen molar-refractivity contribution in [2.45, 2.75) is 25.0 Å². The normalized spacial score (nSPS) is 23.3. The van der Waals surface area contributed by atoms with Gasteiger partial charge in [-0.15, -0.1) is 0 Å². The Morgan fingerprint density at radius 1 is 1.19 bits per heavy atom. The highest BCUT2D eigenvalue weighted by Gasteiger charge is 2.27. The zero-order valence-electron chi connectivity index (χ0n) is 12.1. The third-order valence-corrected chi connectivity index (χ3v) is 4.09. The molecule has 0 aliphatic carbocycles. The van der Waals surface area contributed by atoms with Gasteiger partial charge in [-0.2, -0.15) is 0 Å². The van der Waals surface area contributed by atoms with Crippen molar-refractivity contribution >= 4 is 0 Å². The fourth-order valence-electron chi connectivity index (χ4n) is 2.94. The first-order chi connectivity index (χ1) is 10.3. The van der Waals surface area contributed by atoms with Gasteiger partial charge in [0.05, 0.1) is 19.4 Å². The van der Waals surface area contributed by atoms with Crippen LogP contribution < -0.4 is 5.32 Å². The molecular weight excluding hydrogens is 264 g/mol. The summed E-state index contributed by atoms with van der Waals surface area (Å²) in [6.45, 7) is 2.66. The molecule has 0 amide bonds. The highest BCUT2D eigenvalue weighted by atomic mass is 16.3. The van der Waals surface area contributed by atoms with Crippen LogP contribution in [0.25, 0.3) is 0 Å². The number of hydrogen-bond acceptors (Lipinski definition) is 4. The second-order valence-corrected chi connectivity index (χ2v) is 5.64. The van der Waals surface area contributed by atoms with E-state index in [4.69, 9.17) is 4.42 Å². The molecule has 4 nitrogen and oxygen atoms in total. The lowest BCUT2D eigenvalue weighted by molar-refractivity contribution is 0.0691. The van der Waals surface area contributed by atoms with Crippen LogP contribution in [0.4, 0.5) is 0 Å². The Kier molecular flexibility index (Phi) is 4.70. The van der Waals surface area contributed by atoms with Gasteiger partial charge in [-0.05, 0) is 24.1 Å². The van der Waals surface area contributed by atoms with Crippen LogP contribution in [-0.4, -0.2) is 41.8 Å². The van der Waals surface area contributed by atoms with Gasteiger partial charge < -0.3 is 14.8 Å². The summed E-state index contributed by atoms with van der Waals surface area (Å²) in [5.41, 5.74) is 1.34. The number of furan rings is 1. The van der Waals surface area contributed by atoms with E-state index in [0.29, 0.717) is 6.04 Å². The average molecular weight is 286 g/mol. The molecular formula is C17H22N2O2. The Bertz CT molecular complexity index is 527. The highest BCUT2D eigenvalue weighted by Crippen LogP contribution is 2.15. The lowest BCUT2D eigenvalue weighted by Crippen LogP contribution is -2.57. The molecule has 4 heteroatoms. The van der Waals surface area contributed by atoms with E-state index < -0.39 is 0 Å². The minimum Gasteiger partial charge on any atom is -0.468 e. The lowest BCUT2D eigenvalue weighted by Gasteiger charge is -2.39. The van der Waals surface area contributed by atoms with Crippen LogP contribution in [-0.2, 0) is 13.0 Å². The molecule has 1 aliphatic rings. The topological polar surface area (TPSA) is 48.6 Å².